The third-order valence-corrected chi connectivity index (χ3v) is 6.95. The van der Waals surface area contributed by atoms with Crippen molar-refractivity contribution in [1.29, 1.82) is 0 Å². The van der Waals surface area contributed by atoms with Gasteiger partial charge in [-0.15, -0.1) is 0 Å². The average molecular weight is 482 g/mol. The highest BCUT2D eigenvalue weighted by molar-refractivity contribution is 5.82. The summed E-state index contributed by atoms with van der Waals surface area (Å²) in [5.41, 5.74) is 2.81. The topological polar surface area (TPSA) is 106 Å². The molecular formula is C26H28FN3O5. The summed E-state index contributed by atoms with van der Waals surface area (Å²) in [5, 5.41) is 9.15. The van der Waals surface area contributed by atoms with Crippen molar-refractivity contribution in [2.75, 3.05) is 13.2 Å². The number of aliphatic carboxylic acids is 1. The molecule has 5 rings (SSSR count). The van der Waals surface area contributed by atoms with Gasteiger partial charge in [-0.2, -0.15) is 0 Å². The zero-order chi connectivity index (χ0) is 24.4. The van der Waals surface area contributed by atoms with Gasteiger partial charge in [0.15, 0.2) is 5.58 Å². The molecule has 1 saturated heterocycles. The molecule has 1 aliphatic carbocycles. The summed E-state index contributed by atoms with van der Waals surface area (Å²) in [7, 11) is 0. The standard InChI is InChI=1S/C26H28FN3O5/c27-19-12-20(15-34-21-6-4-17(5-7-21)26(32)33)30(14-19)24(31)11-16-3-8-22-23(10-16)35-25(29-22)18-2-1-9-28-13-18/h1-3,8-10,13,17,19-21H,4-7,11-12,14-15H2,(H,32,33)/t17?,19-,20-,21?/m0/s1. The van der Waals surface area contributed by atoms with Crippen LogP contribution in [0, 0.1) is 5.92 Å². The molecule has 1 aromatic carbocycles. The number of ether oxygens (including phenoxy) is 1. The highest BCUT2D eigenvalue weighted by atomic mass is 19.1. The van der Waals surface area contributed by atoms with E-state index >= 15 is 0 Å². The molecular weight excluding hydrogens is 453 g/mol. The maximum absolute atomic E-state index is 14.3. The Kier molecular flexibility index (Phi) is 6.77. The van der Waals surface area contributed by atoms with E-state index in [1.807, 2.05) is 24.3 Å². The van der Waals surface area contributed by atoms with Crippen LogP contribution in [0.3, 0.4) is 0 Å². The van der Waals surface area contributed by atoms with Gasteiger partial charge in [-0.3, -0.25) is 14.6 Å². The molecule has 2 aromatic heterocycles. The number of amides is 1. The lowest BCUT2D eigenvalue weighted by Crippen LogP contribution is -2.40. The van der Waals surface area contributed by atoms with Crippen molar-refractivity contribution < 1.29 is 28.2 Å². The summed E-state index contributed by atoms with van der Waals surface area (Å²) in [6, 6.07) is 8.81. The molecule has 9 heteroatoms. The fraction of sp³-hybridized carbons (Fsp3) is 0.462. The summed E-state index contributed by atoms with van der Waals surface area (Å²) in [5.74, 6) is -0.754. The molecule has 2 atom stereocenters. The van der Waals surface area contributed by atoms with Crippen molar-refractivity contribution in [1.82, 2.24) is 14.9 Å². The van der Waals surface area contributed by atoms with E-state index in [1.165, 1.54) is 0 Å². The Hall–Kier alpha value is -3.33. The molecule has 2 aliphatic rings. The number of carboxylic acid groups (broad SMARTS) is 1. The van der Waals surface area contributed by atoms with E-state index in [4.69, 9.17) is 14.3 Å². The number of benzene rings is 1. The molecule has 1 N–H and O–H groups in total. The van der Waals surface area contributed by atoms with E-state index < -0.39 is 12.1 Å². The minimum Gasteiger partial charge on any atom is -0.481 e. The second kappa shape index (κ2) is 10.1. The molecule has 1 aliphatic heterocycles. The van der Waals surface area contributed by atoms with Crippen LogP contribution in [-0.2, 0) is 20.7 Å². The number of halogens is 1. The van der Waals surface area contributed by atoms with E-state index in [1.54, 1.807) is 23.4 Å². The van der Waals surface area contributed by atoms with Crippen LogP contribution in [0.1, 0.15) is 37.7 Å². The second-order valence-corrected chi connectivity index (χ2v) is 9.42. The van der Waals surface area contributed by atoms with Gasteiger partial charge in [0, 0.05) is 18.8 Å². The number of oxazole rings is 1. The first-order chi connectivity index (χ1) is 17.0. The predicted molar refractivity (Wildman–Crippen MR) is 125 cm³/mol. The van der Waals surface area contributed by atoms with E-state index in [9.17, 15) is 14.0 Å². The zero-order valence-corrected chi connectivity index (χ0v) is 19.3. The number of fused-ring (bicyclic) bond motifs is 1. The van der Waals surface area contributed by atoms with Crippen molar-refractivity contribution in [3.05, 3.63) is 48.3 Å². The smallest absolute Gasteiger partial charge is 0.306 e. The van der Waals surface area contributed by atoms with Crippen LogP contribution in [0.4, 0.5) is 4.39 Å². The van der Waals surface area contributed by atoms with Crippen LogP contribution in [-0.4, -0.2) is 63.3 Å². The van der Waals surface area contributed by atoms with Gasteiger partial charge < -0.3 is 19.2 Å². The molecule has 0 radical (unpaired) electrons. The molecule has 3 aromatic rings. The number of rotatable bonds is 7. The molecule has 0 spiro atoms. The largest absolute Gasteiger partial charge is 0.481 e. The summed E-state index contributed by atoms with van der Waals surface area (Å²) < 4.78 is 26.1. The van der Waals surface area contributed by atoms with Gasteiger partial charge in [0.25, 0.3) is 0 Å². The Morgan fingerprint density at radius 2 is 2.03 bits per heavy atom. The van der Waals surface area contributed by atoms with Crippen molar-refractivity contribution in [3.8, 4) is 11.5 Å². The molecule has 0 bridgehead atoms. The number of likely N-dealkylation sites (tertiary alicyclic amines) is 1. The number of aromatic nitrogens is 2. The number of pyridine rings is 1. The van der Waals surface area contributed by atoms with Gasteiger partial charge in [-0.05, 0) is 55.5 Å². The first kappa shape index (κ1) is 23.4. The van der Waals surface area contributed by atoms with Gasteiger partial charge in [0.2, 0.25) is 11.8 Å². The third-order valence-electron chi connectivity index (χ3n) is 6.95. The van der Waals surface area contributed by atoms with Gasteiger partial charge >= 0.3 is 5.97 Å². The van der Waals surface area contributed by atoms with Crippen LogP contribution >= 0.6 is 0 Å². The van der Waals surface area contributed by atoms with Gasteiger partial charge in [0.1, 0.15) is 11.7 Å². The van der Waals surface area contributed by atoms with Crippen LogP contribution < -0.4 is 0 Å². The summed E-state index contributed by atoms with van der Waals surface area (Å²) in [6.45, 7) is 0.332. The Morgan fingerprint density at radius 3 is 2.77 bits per heavy atom. The summed E-state index contributed by atoms with van der Waals surface area (Å²) >= 11 is 0. The minimum absolute atomic E-state index is 0.0379. The number of alkyl halides is 1. The van der Waals surface area contributed by atoms with Crippen molar-refractivity contribution in [3.63, 3.8) is 0 Å². The first-order valence-corrected chi connectivity index (χ1v) is 12.0. The fourth-order valence-electron chi connectivity index (χ4n) is 5.01. The minimum atomic E-state index is -1.07. The van der Waals surface area contributed by atoms with Crippen LogP contribution in [0.15, 0.2) is 47.1 Å². The van der Waals surface area contributed by atoms with Crippen LogP contribution in [0.2, 0.25) is 0 Å². The van der Waals surface area contributed by atoms with Crippen molar-refractivity contribution in [2.24, 2.45) is 5.92 Å². The number of hydrogen-bond donors (Lipinski definition) is 1. The summed E-state index contributed by atoms with van der Waals surface area (Å²) in [6.07, 6.45) is 5.16. The monoisotopic (exact) mass is 481 g/mol. The lowest BCUT2D eigenvalue weighted by molar-refractivity contribution is -0.144. The third kappa shape index (κ3) is 5.35. The average Bonchev–Trinajstić information content (AvgIpc) is 3.46. The van der Waals surface area contributed by atoms with Gasteiger partial charge in [-0.1, -0.05) is 6.07 Å². The molecule has 35 heavy (non-hydrogen) atoms. The van der Waals surface area contributed by atoms with Gasteiger partial charge in [0.05, 0.1) is 43.2 Å². The predicted octanol–water partition coefficient (Wildman–Crippen LogP) is 4.03. The second-order valence-electron chi connectivity index (χ2n) is 9.42. The molecule has 2 fully saturated rings. The van der Waals surface area contributed by atoms with E-state index in [0.29, 0.717) is 42.7 Å². The van der Waals surface area contributed by atoms with E-state index in [-0.39, 0.29) is 50.0 Å². The number of carboxylic acids is 1. The Labute approximate surface area is 202 Å². The highest BCUT2D eigenvalue weighted by Gasteiger charge is 2.36. The maximum Gasteiger partial charge on any atom is 0.306 e. The van der Waals surface area contributed by atoms with Crippen LogP contribution in [0.5, 0.6) is 0 Å². The lowest BCUT2D eigenvalue weighted by Gasteiger charge is -2.29. The molecule has 1 saturated carbocycles. The summed E-state index contributed by atoms with van der Waals surface area (Å²) in [4.78, 5) is 34.4. The van der Waals surface area contributed by atoms with Crippen LogP contribution in [0.25, 0.3) is 22.6 Å². The normalized spacial score (nSPS) is 24.7. The number of hydrogen-bond acceptors (Lipinski definition) is 6. The van der Waals surface area contributed by atoms with Gasteiger partial charge in [-0.25, -0.2) is 9.37 Å². The Morgan fingerprint density at radius 1 is 1.20 bits per heavy atom. The Bertz CT molecular complexity index is 1190. The Balaban J connectivity index is 1.20. The lowest BCUT2D eigenvalue weighted by atomic mass is 9.87. The van der Waals surface area contributed by atoms with E-state index in [2.05, 4.69) is 9.97 Å². The van der Waals surface area contributed by atoms with Crippen molar-refractivity contribution in [2.45, 2.75) is 56.8 Å². The maximum atomic E-state index is 14.3. The molecule has 3 heterocycles. The quantitative estimate of drug-likeness (QED) is 0.543. The number of nitrogens with zero attached hydrogens (tertiary/aromatic N) is 3. The molecule has 0 unspecified atom stereocenters. The highest BCUT2D eigenvalue weighted by Crippen LogP contribution is 2.29. The van der Waals surface area contributed by atoms with Crippen molar-refractivity contribution >= 4 is 23.0 Å². The number of carbonyl (C=O) groups excluding carboxylic acids is 1. The first-order valence-electron chi connectivity index (χ1n) is 12.0. The molecule has 8 nitrogen and oxygen atoms in total. The fourth-order valence-corrected chi connectivity index (χ4v) is 5.01. The molecule has 184 valence electrons. The molecule has 1 amide bonds. The number of carbonyl (C=O) groups is 2. The van der Waals surface area contributed by atoms with E-state index in [0.717, 1.165) is 11.1 Å². The SMILES string of the molecule is O=C(O)C1CCC(OC[C@@H]2C[C@H](F)CN2C(=O)Cc2ccc3nc(-c4cccnc4)oc3c2)CC1. The zero-order valence-electron chi connectivity index (χ0n) is 19.3.